The Bertz CT molecular complexity index is 212. The predicted molar refractivity (Wildman–Crippen MR) is 56.0 cm³/mol. The molecule has 2 aliphatic heterocycles. The van der Waals surface area contributed by atoms with E-state index in [1.54, 1.807) is 0 Å². The second kappa shape index (κ2) is 3.49. The van der Waals surface area contributed by atoms with Crippen LogP contribution in [-0.2, 0) is 0 Å². The van der Waals surface area contributed by atoms with E-state index < -0.39 is 0 Å². The first kappa shape index (κ1) is 9.17. The smallest absolute Gasteiger partial charge is 0.0611 e. The summed E-state index contributed by atoms with van der Waals surface area (Å²) >= 11 is 0. The minimum absolute atomic E-state index is 0.000278. The maximum atomic E-state index is 10.3. The highest BCUT2D eigenvalue weighted by molar-refractivity contribution is 5.01. The zero-order chi connectivity index (χ0) is 9.54. The van der Waals surface area contributed by atoms with Crippen LogP contribution in [-0.4, -0.2) is 23.3 Å². The van der Waals surface area contributed by atoms with Crippen LogP contribution in [0.4, 0.5) is 0 Å². The summed E-state index contributed by atoms with van der Waals surface area (Å²) in [6, 6.07) is 1.39. The molecule has 1 saturated carbocycles. The van der Waals surface area contributed by atoms with Crippen LogP contribution in [0.5, 0.6) is 0 Å². The number of hydrogen-bond donors (Lipinski definition) is 2. The lowest BCUT2D eigenvalue weighted by molar-refractivity contribution is 0.0416. The van der Waals surface area contributed by atoms with Gasteiger partial charge in [-0.3, -0.25) is 0 Å². The van der Waals surface area contributed by atoms with Gasteiger partial charge < -0.3 is 10.4 Å². The Labute approximate surface area is 86.1 Å². The van der Waals surface area contributed by atoms with E-state index in [4.69, 9.17) is 0 Å². The highest BCUT2D eigenvalue weighted by Crippen LogP contribution is 2.40. The average molecular weight is 195 g/mol. The van der Waals surface area contributed by atoms with E-state index in [0.717, 1.165) is 6.04 Å². The first-order chi connectivity index (χ1) is 6.84. The highest BCUT2D eigenvalue weighted by Gasteiger charge is 2.44. The van der Waals surface area contributed by atoms with E-state index in [0.29, 0.717) is 17.9 Å². The van der Waals surface area contributed by atoms with E-state index in [1.807, 2.05) is 0 Å². The molecular formula is C12H21NO. The molecule has 3 aliphatic rings. The molecule has 4 atom stereocenters. The minimum Gasteiger partial charge on any atom is -0.392 e. The van der Waals surface area contributed by atoms with Gasteiger partial charge in [-0.2, -0.15) is 0 Å². The average Bonchev–Trinajstić information content (AvgIpc) is 2.93. The van der Waals surface area contributed by atoms with Crippen molar-refractivity contribution < 1.29 is 5.11 Å². The number of rotatable bonds is 2. The van der Waals surface area contributed by atoms with Crippen molar-refractivity contribution in [2.75, 3.05) is 0 Å². The van der Waals surface area contributed by atoms with Crippen LogP contribution in [0.2, 0.25) is 0 Å². The Hall–Kier alpha value is -0.0800. The van der Waals surface area contributed by atoms with Gasteiger partial charge in [-0.1, -0.05) is 12.8 Å². The molecule has 2 heteroatoms. The third-order valence-corrected chi connectivity index (χ3v) is 4.67. The summed E-state index contributed by atoms with van der Waals surface area (Å²) in [5, 5.41) is 14.0. The number of aliphatic hydroxyl groups is 1. The number of aliphatic hydroxyl groups excluding tert-OH is 1. The van der Waals surface area contributed by atoms with E-state index >= 15 is 0 Å². The first-order valence-corrected chi connectivity index (χ1v) is 6.29. The quantitative estimate of drug-likeness (QED) is 0.702. The molecule has 0 aromatic rings. The molecule has 2 nitrogen and oxygen atoms in total. The fraction of sp³-hybridized carbons (Fsp3) is 1.00. The predicted octanol–water partition coefficient (Wildman–Crippen LogP) is 1.68. The first-order valence-electron chi connectivity index (χ1n) is 6.29. The summed E-state index contributed by atoms with van der Waals surface area (Å²) in [5.41, 5.74) is 0. The van der Waals surface area contributed by atoms with Crippen molar-refractivity contribution in [2.24, 2.45) is 11.8 Å². The zero-order valence-corrected chi connectivity index (χ0v) is 8.78. The van der Waals surface area contributed by atoms with Gasteiger partial charge in [0.1, 0.15) is 0 Å². The molecule has 2 heterocycles. The van der Waals surface area contributed by atoms with Crippen LogP contribution in [0.25, 0.3) is 0 Å². The molecule has 14 heavy (non-hydrogen) atoms. The molecule has 0 amide bonds. The summed E-state index contributed by atoms with van der Waals surface area (Å²) in [5.74, 6) is 1.21. The van der Waals surface area contributed by atoms with Gasteiger partial charge in [0.25, 0.3) is 0 Å². The largest absolute Gasteiger partial charge is 0.392 e. The number of hydrogen-bond acceptors (Lipinski definition) is 2. The van der Waals surface area contributed by atoms with E-state index in [9.17, 15) is 5.11 Å². The Kier molecular flexibility index (Phi) is 2.29. The zero-order valence-electron chi connectivity index (χ0n) is 8.78. The Balaban J connectivity index is 1.64. The fourth-order valence-electron chi connectivity index (χ4n) is 3.89. The Morgan fingerprint density at radius 3 is 2.43 bits per heavy atom. The molecule has 80 valence electrons. The molecule has 1 aliphatic carbocycles. The normalized spacial score (nSPS) is 44.8. The monoisotopic (exact) mass is 195 g/mol. The lowest BCUT2D eigenvalue weighted by Crippen LogP contribution is -2.36. The number of fused-ring (bicyclic) bond motifs is 2. The summed E-state index contributed by atoms with van der Waals surface area (Å²) in [4.78, 5) is 0. The van der Waals surface area contributed by atoms with E-state index in [1.165, 1.54) is 44.9 Å². The van der Waals surface area contributed by atoms with Gasteiger partial charge in [-0.15, -0.1) is 0 Å². The summed E-state index contributed by atoms with van der Waals surface area (Å²) in [6.07, 6.45) is 9.12. The van der Waals surface area contributed by atoms with E-state index in [-0.39, 0.29) is 6.10 Å². The van der Waals surface area contributed by atoms with Crippen molar-refractivity contribution in [3.05, 3.63) is 0 Å². The summed E-state index contributed by atoms with van der Waals surface area (Å²) in [6.45, 7) is 0. The third-order valence-electron chi connectivity index (χ3n) is 4.67. The fourth-order valence-corrected chi connectivity index (χ4v) is 3.89. The lowest BCUT2D eigenvalue weighted by atomic mass is 9.80. The van der Waals surface area contributed by atoms with Gasteiger partial charge in [-0.25, -0.2) is 0 Å². The van der Waals surface area contributed by atoms with Gasteiger partial charge in [-0.05, 0) is 38.0 Å². The molecular weight excluding hydrogens is 174 g/mol. The SMILES string of the molecule is OC(C1CCCC1)C1CC2CCC1N2. The molecule has 2 bridgehead atoms. The van der Waals surface area contributed by atoms with Crippen molar-refractivity contribution in [3.63, 3.8) is 0 Å². The molecule has 3 fully saturated rings. The summed E-state index contributed by atoms with van der Waals surface area (Å²) in [7, 11) is 0. The molecule has 0 aromatic carbocycles. The second-order valence-corrected chi connectivity index (χ2v) is 5.48. The van der Waals surface area contributed by atoms with Gasteiger partial charge >= 0.3 is 0 Å². The third kappa shape index (κ3) is 1.40. The Morgan fingerprint density at radius 2 is 1.86 bits per heavy atom. The van der Waals surface area contributed by atoms with E-state index in [2.05, 4.69) is 5.32 Å². The molecule has 0 spiro atoms. The van der Waals surface area contributed by atoms with Crippen molar-refractivity contribution in [3.8, 4) is 0 Å². The maximum absolute atomic E-state index is 10.3. The molecule has 4 unspecified atom stereocenters. The van der Waals surface area contributed by atoms with Crippen LogP contribution in [0.1, 0.15) is 44.9 Å². The summed E-state index contributed by atoms with van der Waals surface area (Å²) < 4.78 is 0. The van der Waals surface area contributed by atoms with Crippen LogP contribution < -0.4 is 5.32 Å². The van der Waals surface area contributed by atoms with Gasteiger partial charge in [0, 0.05) is 18.0 Å². The molecule has 0 aromatic heterocycles. The van der Waals surface area contributed by atoms with Crippen molar-refractivity contribution in [1.82, 2.24) is 5.32 Å². The minimum atomic E-state index is 0.000278. The van der Waals surface area contributed by atoms with Crippen molar-refractivity contribution in [1.29, 1.82) is 0 Å². The molecule has 2 saturated heterocycles. The number of nitrogens with one attached hydrogen (secondary N) is 1. The van der Waals surface area contributed by atoms with Crippen LogP contribution in [0.15, 0.2) is 0 Å². The lowest BCUT2D eigenvalue weighted by Gasteiger charge is -2.29. The van der Waals surface area contributed by atoms with Gasteiger partial charge in [0.05, 0.1) is 6.10 Å². The molecule has 0 radical (unpaired) electrons. The Morgan fingerprint density at radius 1 is 1.07 bits per heavy atom. The topological polar surface area (TPSA) is 32.3 Å². The standard InChI is InChI=1S/C12H21NO/c14-12(8-3-1-2-4-8)10-7-9-5-6-11(10)13-9/h8-14H,1-7H2. The highest BCUT2D eigenvalue weighted by atomic mass is 16.3. The van der Waals surface area contributed by atoms with Gasteiger partial charge in [0.15, 0.2) is 0 Å². The maximum Gasteiger partial charge on any atom is 0.0611 e. The van der Waals surface area contributed by atoms with Crippen LogP contribution in [0.3, 0.4) is 0 Å². The van der Waals surface area contributed by atoms with Gasteiger partial charge in [0.2, 0.25) is 0 Å². The molecule has 2 N–H and O–H groups in total. The molecule has 3 rings (SSSR count). The second-order valence-electron chi connectivity index (χ2n) is 5.48. The van der Waals surface area contributed by atoms with Crippen molar-refractivity contribution in [2.45, 2.75) is 63.1 Å². The van der Waals surface area contributed by atoms with Crippen LogP contribution >= 0.6 is 0 Å². The van der Waals surface area contributed by atoms with Crippen molar-refractivity contribution >= 4 is 0 Å². The van der Waals surface area contributed by atoms with Crippen LogP contribution in [0, 0.1) is 11.8 Å².